The summed E-state index contributed by atoms with van der Waals surface area (Å²) in [7, 11) is 2.84. The summed E-state index contributed by atoms with van der Waals surface area (Å²) < 4.78 is 6.04. The summed E-state index contributed by atoms with van der Waals surface area (Å²) in [4.78, 5) is 33.7. The number of rotatable bonds is 4. The molecule has 2 atom stereocenters. The van der Waals surface area contributed by atoms with Gasteiger partial charge in [0, 0.05) is 23.9 Å². The van der Waals surface area contributed by atoms with Crippen molar-refractivity contribution in [3.8, 4) is 5.75 Å². The van der Waals surface area contributed by atoms with E-state index < -0.39 is 12.0 Å². The van der Waals surface area contributed by atoms with Gasteiger partial charge in [-0.3, -0.25) is 19.4 Å². The van der Waals surface area contributed by atoms with E-state index in [-0.39, 0.29) is 18.4 Å². The van der Waals surface area contributed by atoms with Gasteiger partial charge < -0.3 is 10.1 Å². The molecule has 1 aromatic rings. The van der Waals surface area contributed by atoms with Gasteiger partial charge in [0.2, 0.25) is 5.91 Å². The minimum absolute atomic E-state index is 0.193. The van der Waals surface area contributed by atoms with Gasteiger partial charge in [0.25, 0.3) is 5.91 Å². The third kappa shape index (κ3) is 3.79. The summed E-state index contributed by atoms with van der Waals surface area (Å²) in [5, 5.41) is 4.06. The van der Waals surface area contributed by atoms with E-state index >= 15 is 0 Å². The maximum atomic E-state index is 12.7. The molecule has 0 radical (unpaired) electrons. The molecule has 7 nitrogen and oxygen atoms in total. The molecule has 0 saturated carbocycles. The molecule has 0 saturated heterocycles. The average molecular weight is 376 g/mol. The van der Waals surface area contributed by atoms with Crippen LogP contribution in [0.25, 0.3) is 0 Å². The van der Waals surface area contributed by atoms with Crippen molar-refractivity contribution in [3.05, 3.63) is 47.0 Å². The molecule has 2 unspecified atom stereocenters. The fourth-order valence-corrected chi connectivity index (χ4v) is 2.92. The Bertz CT molecular complexity index is 818. The van der Waals surface area contributed by atoms with Crippen molar-refractivity contribution in [2.24, 2.45) is 10.9 Å². The predicted octanol–water partition coefficient (Wildman–Crippen LogP) is 1.96. The number of hydroxylamine groups is 2. The molecule has 1 aromatic carbocycles. The second-order valence-corrected chi connectivity index (χ2v) is 6.21. The zero-order valence-electron chi connectivity index (χ0n) is 14.3. The lowest BCUT2D eigenvalue weighted by Crippen LogP contribution is -2.45. The van der Waals surface area contributed by atoms with Crippen LogP contribution < -0.4 is 10.1 Å². The Hall–Kier alpha value is -2.64. The van der Waals surface area contributed by atoms with Crippen LogP contribution in [0.5, 0.6) is 5.75 Å². The van der Waals surface area contributed by atoms with Crippen molar-refractivity contribution >= 4 is 35.3 Å². The fourth-order valence-electron chi connectivity index (χ4n) is 2.66. The molecule has 0 aromatic heterocycles. The van der Waals surface area contributed by atoms with E-state index in [2.05, 4.69) is 10.3 Å². The Morgan fingerprint density at radius 2 is 2.15 bits per heavy atom. The maximum absolute atomic E-state index is 12.7. The zero-order chi connectivity index (χ0) is 18.7. The topological polar surface area (TPSA) is 80.2 Å². The number of likely N-dealkylation sites (N-methyl/N-ethyl adjacent to an activating group) is 1. The number of para-hydroxylation sites is 2. The van der Waals surface area contributed by atoms with Crippen LogP contribution in [0, 0.1) is 5.92 Å². The first-order chi connectivity index (χ1) is 12.5. The standard InChI is InChI=1S/C18H18ClN3O4/c1-22(25-2)16(23)10-21-18(24)13-8-12(19)7-11-9-20-14-5-3-4-6-15(14)26-17(11)13/h3-9,13,17H,10H2,1-2H3,(H,21,24). The van der Waals surface area contributed by atoms with Crippen LogP contribution in [0.4, 0.5) is 5.69 Å². The van der Waals surface area contributed by atoms with E-state index in [9.17, 15) is 9.59 Å². The van der Waals surface area contributed by atoms with Gasteiger partial charge in [-0.1, -0.05) is 23.7 Å². The molecule has 8 heteroatoms. The number of nitrogens with zero attached hydrogens (tertiary/aromatic N) is 2. The minimum Gasteiger partial charge on any atom is -0.482 e. The molecule has 26 heavy (non-hydrogen) atoms. The Labute approximate surface area is 155 Å². The molecule has 1 aliphatic heterocycles. The van der Waals surface area contributed by atoms with Gasteiger partial charge in [-0.25, -0.2) is 5.06 Å². The number of aliphatic imine (C=N–C) groups is 1. The van der Waals surface area contributed by atoms with Gasteiger partial charge in [0.05, 0.1) is 19.6 Å². The van der Waals surface area contributed by atoms with Crippen LogP contribution in [0.1, 0.15) is 0 Å². The zero-order valence-corrected chi connectivity index (χ0v) is 15.1. The third-order valence-corrected chi connectivity index (χ3v) is 4.35. The number of hydrogen-bond acceptors (Lipinski definition) is 5. The quantitative estimate of drug-likeness (QED) is 0.816. The second kappa shape index (κ2) is 7.72. The first-order valence-electron chi connectivity index (χ1n) is 7.96. The first-order valence-corrected chi connectivity index (χ1v) is 8.34. The van der Waals surface area contributed by atoms with E-state index in [1.54, 1.807) is 24.4 Å². The highest BCUT2D eigenvalue weighted by atomic mass is 35.5. The van der Waals surface area contributed by atoms with Gasteiger partial charge in [-0.2, -0.15) is 0 Å². The molecule has 1 N–H and O–H groups in total. The number of fused-ring (bicyclic) bond motifs is 2. The molecule has 136 valence electrons. The van der Waals surface area contributed by atoms with E-state index in [0.29, 0.717) is 22.0 Å². The number of hydrogen-bond donors (Lipinski definition) is 1. The smallest absolute Gasteiger partial charge is 0.265 e. The fraction of sp³-hybridized carbons (Fsp3) is 0.278. The van der Waals surface area contributed by atoms with Crippen LogP contribution in [0.3, 0.4) is 0 Å². The minimum atomic E-state index is -0.694. The van der Waals surface area contributed by atoms with Crippen LogP contribution in [-0.2, 0) is 14.4 Å². The Morgan fingerprint density at radius 1 is 1.38 bits per heavy atom. The third-order valence-electron chi connectivity index (χ3n) is 4.11. The molecule has 0 bridgehead atoms. The molecule has 0 fully saturated rings. The molecular weight excluding hydrogens is 358 g/mol. The van der Waals surface area contributed by atoms with Gasteiger partial charge in [0.15, 0.2) is 0 Å². The molecule has 3 rings (SSSR count). The Kier molecular flexibility index (Phi) is 5.39. The molecular formula is C18H18ClN3O4. The monoisotopic (exact) mass is 375 g/mol. The number of benzene rings is 1. The van der Waals surface area contributed by atoms with Crippen molar-refractivity contribution in [2.75, 3.05) is 20.7 Å². The molecule has 2 aliphatic rings. The van der Waals surface area contributed by atoms with Crippen LogP contribution >= 0.6 is 11.6 Å². The highest BCUT2D eigenvalue weighted by molar-refractivity contribution is 6.31. The van der Waals surface area contributed by atoms with Gasteiger partial charge in [0.1, 0.15) is 17.5 Å². The predicted molar refractivity (Wildman–Crippen MR) is 97.3 cm³/mol. The summed E-state index contributed by atoms with van der Waals surface area (Å²) in [5.41, 5.74) is 1.36. The van der Waals surface area contributed by atoms with Crippen molar-refractivity contribution in [3.63, 3.8) is 0 Å². The largest absolute Gasteiger partial charge is 0.482 e. The highest BCUT2D eigenvalue weighted by Gasteiger charge is 2.35. The maximum Gasteiger partial charge on any atom is 0.265 e. The van der Waals surface area contributed by atoms with E-state index in [1.807, 2.05) is 18.2 Å². The number of ether oxygens (including phenoxy) is 1. The van der Waals surface area contributed by atoms with Gasteiger partial charge in [-0.15, -0.1) is 0 Å². The van der Waals surface area contributed by atoms with Gasteiger partial charge >= 0.3 is 0 Å². The SMILES string of the molecule is CON(C)C(=O)CNC(=O)C1C=C(Cl)C=C2C=Nc3ccccc3OC21. The number of amides is 2. The number of halogens is 1. The van der Waals surface area contributed by atoms with Crippen molar-refractivity contribution in [1.82, 2.24) is 10.4 Å². The van der Waals surface area contributed by atoms with Crippen LogP contribution in [0.15, 0.2) is 52.0 Å². The Balaban J connectivity index is 1.79. The van der Waals surface area contributed by atoms with E-state index in [1.165, 1.54) is 14.2 Å². The number of nitrogens with one attached hydrogen (secondary N) is 1. The lowest BCUT2D eigenvalue weighted by atomic mass is 9.90. The number of carbonyl (C=O) groups is 2. The number of allylic oxidation sites excluding steroid dienone is 2. The summed E-state index contributed by atoms with van der Waals surface area (Å²) in [6.45, 7) is -0.193. The van der Waals surface area contributed by atoms with E-state index in [4.69, 9.17) is 21.2 Å². The van der Waals surface area contributed by atoms with Crippen molar-refractivity contribution < 1.29 is 19.2 Å². The highest BCUT2D eigenvalue weighted by Crippen LogP contribution is 2.36. The lowest BCUT2D eigenvalue weighted by molar-refractivity contribution is -0.168. The Morgan fingerprint density at radius 3 is 2.92 bits per heavy atom. The normalized spacial score (nSPS) is 20.6. The molecule has 1 aliphatic carbocycles. The van der Waals surface area contributed by atoms with Gasteiger partial charge in [-0.05, 0) is 24.3 Å². The van der Waals surface area contributed by atoms with Crippen LogP contribution in [-0.4, -0.2) is 49.9 Å². The summed E-state index contributed by atoms with van der Waals surface area (Å²) >= 11 is 6.17. The average Bonchev–Trinajstić information content (AvgIpc) is 2.83. The summed E-state index contributed by atoms with van der Waals surface area (Å²) in [6.07, 6.45) is 4.39. The van der Waals surface area contributed by atoms with Crippen molar-refractivity contribution in [2.45, 2.75) is 6.10 Å². The molecule has 1 heterocycles. The molecule has 0 spiro atoms. The van der Waals surface area contributed by atoms with E-state index in [0.717, 1.165) is 5.06 Å². The van der Waals surface area contributed by atoms with Crippen LogP contribution in [0.2, 0.25) is 0 Å². The molecule has 2 amide bonds. The lowest BCUT2D eigenvalue weighted by Gasteiger charge is -2.28. The second-order valence-electron chi connectivity index (χ2n) is 5.78. The summed E-state index contributed by atoms with van der Waals surface area (Å²) in [5.74, 6) is -0.863. The number of carbonyl (C=O) groups excluding carboxylic acids is 2. The summed E-state index contributed by atoms with van der Waals surface area (Å²) in [6, 6.07) is 7.31. The first kappa shape index (κ1) is 18.2. The van der Waals surface area contributed by atoms with Crippen molar-refractivity contribution in [1.29, 1.82) is 0 Å².